The predicted molar refractivity (Wildman–Crippen MR) is 78.0 cm³/mol. The summed E-state index contributed by atoms with van der Waals surface area (Å²) in [6, 6.07) is 3.82. The van der Waals surface area contributed by atoms with E-state index in [1.165, 1.54) is 12.1 Å². The van der Waals surface area contributed by atoms with Crippen molar-refractivity contribution in [2.45, 2.75) is 44.8 Å². The molecular weight excluding hydrogens is 275 g/mol. The van der Waals surface area contributed by atoms with Crippen LogP contribution in [0.5, 0.6) is 5.75 Å². The minimum Gasteiger partial charge on any atom is -0.487 e. The molecule has 1 aliphatic rings. The van der Waals surface area contributed by atoms with Crippen molar-refractivity contribution in [1.82, 2.24) is 5.32 Å². The molecule has 0 radical (unpaired) electrons. The van der Waals surface area contributed by atoms with Gasteiger partial charge in [-0.25, -0.2) is 9.18 Å². The van der Waals surface area contributed by atoms with Crippen molar-refractivity contribution in [2.75, 3.05) is 11.9 Å². The maximum Gasteiger partial charge on any atom is 0.319 e. The van der Waals surface area contributed by atoms with Crippen molar-refractivity contribution in [2.24, 2.45) is 0 Å². The molecule has 1 aromatic rings. The zero-order valence-corrected chi connectivity index (χ0v) is 12.3. The number of aliphatic hydroxyl groups is 1. The summed E-state index contributed by atoms with van der Waals surface area (Å²) in [4.78, 5) is 11.7. The summed E-state index contributed by atoms with van der Waals surface area (Å²) in [5, 5.41) is 14.2. The fraction of sp³-hybridized carbons (Fsp3) is 0.533. The van der Waals surface area contributed by atoms with Crippen LogP contribution in [-0.2, 0) is 0 Å². The van der Waals surface area contributed by atoms with Crippen molar-refractivity contribution in [3.05, 3.63) is 24.0 Å². The second-order valence-corrected chi connectivity index (χ2v) is 5.94. The summed E-state index contributed by atoms with van der Waals surface area (Å²) in [5.41, 5.74) is -0.407. The lowest BCUT2D eigenvalue weighted by Crippen LogP contribution is -2.48. The number of amides is 2. The first-order valence-electron chi connectivity index (χ1n) is 7.06. The molecule has 3 N–H and O–H groups in total. The molecule has 0 spiro atoms. The molecule has 2 amide bonds. The van der Waals surface area contributed by atoms with Crippen LogP contribution in [0.2, 0.25) is 0 Å². The number of hydrogen-bond donors (Lipinski definition) is 3. The normalized spacial score (nSPS) is 15.2. The van der Waals surface area contributed by atoms with Gasteiger partial charge in [-0.05, 0) is 45.2 Å². The molecule has 0 saturated heterocycles. The Morgan fingerprint density at radius 3 is 2.71 bits per heavy atom. The van der Waals surface area contributed by atoms with Crippen LogP contribution in [0.3, 0.4) is 0 Å². The minimum absolute atomic E-state index is 0.104. The fourth-order valence-electron chi connectivity index (χ4n) is 1.85. The van der Waals surface area contributed by atoms with Crippen molar-refractivity contribution in [3.63, 3.8) is 0 Å². The van der Waals surface area contributed by atoms with Crippen LogP contribution in [0.15, 0.2) is 18.2 Å². The summed E-state index contributed by atoms with van der Waals surface area (Å²) in [6.45, 7) is 3.17. The lowest BCUT2D eigenvalue weighted by molar-refractivity contribution is 0.115. The van der Waals surface area contributed by atoms with Crippen LogP contribution in [0.1, 0.15) is 33.1 Å². The number of aliphatic hydroxyl groups excluding tert-OH is 1. The van der Waals surface area contributed by atoms with Crippen molar-refractivity contribution in [1.29, 1.82) is 0 Å². The van der Waals surface area contributed by atoms with E-state index in [0.717, 1.165) is 19.3 Å². The van der Waals surface area contributed by atoms with E-state index in [1.807, 2.05) is 0 Å². The Bertz CT molecular complexity index is 516. The highest BCUT2D eigenvalue weighted by atomic mass is 19.1. The molecule has 5 nitrogen and oxygen atoms in total. The summed E-state index contributed by atoms with van der Waals surface area (Å²) >= 11 is 0. The molecule has 1 aliphatic carbocycles. The smallest absolute Gasteiger partial charge is 0.319 e. The van der Waals surface area contributed by atoms with Gasteiger partial charge in [0.25, 0.3) is 0 Å². The predicted octanol–water partition coefficient (Wildman–Crippen LogP) is 2.65. The Hall–Kier alpha value is -1.82. The topological polar surface area (TPSA) is 70.6 Å². The Labute approximate surface area is 123 Å². The number of urea groups is 1. The van der Waals surface area contributed by atoms with Gasteiger partial charge in [0.05, 0.1) is 18.2 Å². The number of halogens is 1. The standard InChI is InChI=1S/C15H21FN2O3/c1-15(2,9-19)18-14(20)17-10-6-7-13(12(16)8-10)21-11-4-3-5-11/h6-8,11,19H,3-5,9H2,1-2H3,(H2,17,18,20). The first-order valence-corrected chi connectivity index (χ1v) is 7.06. The highest BCUT2D eigenvalue weighted by Gasteiger charge is 2.21. The number of ether oxygens (including phenoxy) is 1. The molecule has 2 rings (SSSR count). The van der Waals surface area contributed by atoms with E-state index in [2.05, 4.69) is 10.6 Å². The molecule has 6 heteroatoms. The maximum absolute atomic E-state index is 13.9. The van der Waals surface area contributed by atoms with Gasteiger partial charge in [0.1, 0.15) is 0 Å². The molecule has 0 atom stereocenters. The average molecular weight is 296 g/mol. The molecule has 116 valence electrons. The van der Waals surface area contributed by atoms with Crippen LogP contribution in [0.25, 0.3) is 0 Å². The first-order chi connectivity index (χ1) is 9.89. The average Bonchev–Trinajstić information content (AvgIpc) is 2.35. The van der Waals surface area contributed by atoms with Crippen LogP contribution in [0.4, 0.5) is 14.9 Å². The summed E-state index contributed by atoms with van der Waals surface area (Å²) in [5.74, 6) is -0.289. The Morgan fingerprint density at radius 2 is 2.19 bits per heavy atom. The Kier molecular flexibility index (Phi) is 4.67. The third-order valence-electron chi connectivity index (χ3n) is 3.38. The van der Waals surface area contributed by atoms with Gasteiger partial charge in [-0.1, -0.05) is 0 Å². The second-order valence-electron chi connectivity index (χ2n) is 5.94. The summed E-state index contributed by atoms with van der Waals surface area (Å²) in [6.07, 6.45) is 3.13. The van der Waals surface area contributed by atoms with E-state index >= 15 is 0 Å². The molecule has 0 heterocycles. The van der Waals surface area contributed by atoms with E-state index in [9.17, 15) is 9.18 Å². The number of hydrogen-bond acceptors (Lipinski definition) is 3. The molecule has 1 fully saturated rings. The number of carbonyl (C=O) groups excluding carboxylic acids is 1. The Balaban J connectivity index is 1.94. The SMILES string of the molecule is CC(C)(CO)NC(=O)Nc1ccc(OC2CCC2)c(F)c1. The molecule has 0 aromatic heterocycles. The number of anilines is 1. The summed E-state index contributed by atoms with van der Waals surface area (Å²) in [7, 11) is 0. The third kappa shape index (κ3) is 4.32. The number of benzene rings is 1. The molecule has 0 aliphatic heterocycles. The van der Waals surface area contributed by atoms with Crippen LogP contribution < -0.4 is 15.4 Å². The van der Waals surface area contributed by atoms with Crippen molar-refractivity contribution >= 4 is 11.7 Å². The second kappa shape index (κ2) is 6.30. The van der Waals surface area contributed by atoms with E-state index in [-0.39, 0.29) is 18.5 Å². The molecule has 1 aromatic carbocycles. The highest BCUT2D eigenvalue weighted by Crippen LogP contribution is 2.28. The van der Waals surface area contributed by atoms with Crippen molar-refractivity contribution < 1.29 is 19.0 Å². The zero-order chi connectivity index (χ0) is 15.5. The van der Waals surface area contributed by atoms with Crippen LogP contribution in [0, 0.1) is 5.82 Å². The Morgan fingerprint density at radius 1 is 1.48 bits per heavy atom. The van der Waals surface area contributed by atoms with Gasteiger partial charge in [-0.15, -0.1) is 0 Å². The van der Waals surface area contributed by atoms with E-state index < -0.39 is 17.4 Å². The van der Waals surface area contributed by atoms with Crippen molar-refractivity contribution in [3.8, 4) is 5.75 Å². The van der Waals surface area contributed by atoms with Gasteiger partial charge in [0, 0.05) is 11.8 Å². The fourth-order valence-corrected chi connectivity index (χ4v) is 1.85. The molecular formula is C15H21FN2O3. The number of nitrogens with one attached hydrogen (secondary N) is 2. The monoisotopic (exact) mass is 296 g/mol. The van der Waals surface area contributed by atoms with Gasteiger partial charge >= 0.3 is 6.03 Å². The quantitative estimate of drug-likeness (QED) is 0.782. The number of rotatable bonds is 5. The van der Waals surface area contributed by atoms with Gasteiger partial charge in [0.2, 0.25) is 0 Å². The minimum atomic E-state index is -0.740. The number of carbonyl (C=O) groups is 1. The van der Waals surface area contributed by atoms with E-state index in [4.69, 9.17) is 9.84 Å². The lowest BCUT2D eigenvalue weighted by atomic mass is 9.96. The molecule has 21 heavy (non-hydrogen) atoms. The van der Waals surface area contributed by atoms with Gasteiger partial charge in [-0.2, -0.15) is 0 Å². The highest BCUT2D eigenvalue weighted by molar-refractivity contribution is 5.89. The maximum atomic E-state index is 13.9. The van der Waals surface area contributed by atoms with Gasteiger partial charge in [-0.3, -0.25) is 0 Å². The largest absolute Gasteiger partial charge is 0.487 e. The van der Waals surface area contributed by atoms with Crippen LogP contribution >= 0.6 is 0 Å². The zero-order valence-electron chi connectivity index (χ0n) is 12.3. The first kappa shape index (κ1) is 15.6. The molecule has 1 saturated carbocycles. The molecule has 0 bridgehead atoms. The van der Waals surface area contributed by atoms with Gasteiger partial charge in [0.15, 0.2) is 11.6 Å². The lowest BCUT2D eigenvalue weighted by Gasteiger charge is -2.26. The molecule has 0 unspecified atom stereocenters. The third-order valence-corrected chi connectivity index (χ3v) is 3.38. The van der Waals surface area contributed by atoms with E-state index in [0.29, 0.717) is 5.69 Å². The summed E-state index contributed by atoms with van der Waals surface area (Å²) < 4.78 is 19.4. The van der Waals surface area contributed by atoms with Gasteiger partial charge < -0.3 is 20.5 Å². The van der Waals surface area contributed by atoms with Crippen LogP contribution in [-0.4, -0.2) is 29.4 Å². The van der Waals surface area contributed by atoms with E-state index in [1.54, 1.807) is 19.9 Å².